The lowest BCUT2D eigenvalue weighted by Crippen LogP contribution is -2.07. The second-order valence-electron chi connectivity index (χ2n) is 6.07. The Bertz CT molecular complexity index is 139. The highest BCUT2D eigenvalue weighted by molar-refractivity contribution is 4.63. The lowest BCUT2D eigenvalue weighted by Gasteiger charge is -2.20. The van der Waals surface area contributed by atoms with Crippen LogP contribution in [0.5, 0.6) is 0 Å². The average molecular weight is 226 g/mol. The van der Waals surface area contributed by atoms with Crippen LogP contribution in [0.2, 0.25) is 0 Å². The summed E-state index contributed by atoms with van der Waals surface area (Å²) < 4.78 is 0. The van der Waals surface area contributed by atoms with E-state index in [1.807, 2.05) is 0 Å². The maximum atomic E-state index is 2.45. The van der Waals surface area contributed by atoms with Crippen LogP contribution in [0.15, 0.2) is 0 Å². The highest BCUT2D eigenvalue weighted by Gasteiger charge is 2.11. The molecular weight excluding hydrogens is 192 g/mol. The van der Waals surface area contributed by atoms with Gasteiger partial charge in [-0.2, -0.15) is 0 Å². The number of hydrogen-bond acceptors (Lipinski definition) is 0. The highest BCUT2D eigenvalue weighted by Crippen LogP contribution is 2.24. The Morgan fingerprint density at radius 2 is 1.19 bits per heavy atom. The van der Waals surface area contributed by atoms with Crippen molar-refractivity contribution in [2.45, 2.75) is 86.0 Å². The van der Waals surface area contributed by atoms with Gasteiger partial charge in [-0.15, -0.1) is 0 Å². The molecule has 0 aromatic heterocycles. The summed E-state index contributed by atoms with van der Waals surface area (Å²) in [5.41, 5.74) is 0. The molecule has 0 bridgehead atoms. The van der Waals surface area contributed by atoms with E-state index in [0.717, 1.165) is 17.8 Å². The fourth-order valence-electron chi connectivity index (χ4n) is 2.94. The van der Waals surface area contributed by atoms with E-state index in [0.29, 0.717) is 0 Å². The summed E-state index contributed by atoms with van der Waals surface area (Å²) in [5, 5.41) is 0. The third-order valence-electron chi connectivity index (χ3n) is 3.69. The van der Waals surface area contributed by atoms with Crippen molar-refractivity contribution in [2.75, 3.05) is 0 Å². The molecule has 0 nitrogen and oxygen atoms in total. The first-order valence-electron chi connectivity index (χ1n) is 7.60. The normalized spacial score (nSPS) is 17.1. The topological polar surface area (TPSA) is 0 Å². The van der Waals surface area contributed by atoms with Crippen molar-refractivity contribution in [3.05, 3.63) is 0 Å². The third-order valence-corrected chi connectivity index (χ3v) is 3.69. The SMILES string of the molecule is CCCCCC(C)CC(C)CC(C)CCC. The smallest absolute Gasteiger partial charge is 0.0438 e. The molecule has 0 fully saturated rings. The van der Waals surface area contributed by atoms with Gasteiger partial charge < -0.3 is 0 Å². The van der Waals surface area contributed by atoms with Gasteiger partial charge in [0.25, 0.3) is 0 Å². The van der Waals surface area contributed by atoms with Gasteiger partial charge in [0.15, 0.2) is 0 Å². The Balaban J connectivity index is 3.56. The summed E-state index contributed by atoms with van der Waals surface area (Å²) in [5.74, 6) is 2.80. The summed E-state index contributed by atoms with van der Waals surface area (Å²) in [6, 6.07) is 0. The average Bonchev–Trinajstić information content (AvgIpc) is 2.17. The molecule has 16 heavy (non-hydrogen) atoms. The van der Waals surface area contributed by atoms with Crippen molar-refractivity contribution in [2.24, 2.45) is 17.8 Å². The van der Waals surface area contributed by atoms with Crippen LogP contribution in [0.3, 0.4) is 0 Å². The van der Waals surface area contributed by atoms with E-state index >= 15 is 0 Å². The summed E-state index contributed by atoms with van der Waals surface area (Å²) in [7, 11) is 0. The minimum Gasteiger partial charge on any atom is -0.0654 e. The van der Waals surface area contributed by atoms with Crippen LogP contribution >= 0.6 is 0 Å². The highest BCUT2D eigenvalue weighted by atomic mass is 14.2. The molecule has 98 valence electrons. The Kier molecular flexibility index (Phi) is 10.2. The summed E-state index contributed by atoms with van der Waals surface area (Å²) in [4.78, 5) is 0. The van der Waals surface area contributed by atoms with Gasteiger partial charge in [-0.1, -0.05) is 73.1 Å². The van der Waals surface area contributed by atoms with Crippen LogP contribution in [0.4, 0.5) is 0 Å². The molecule has 3 unspecified atom stereocenters. The maximum absolute atomic E-state index is 2.45. The second kappa shape index (κ2) is 10.2. The Morgan fingerprint density at radius 3 is 1.69 bits per heavy atom. The number of hydrogen-bond donors (Lipinski definition) is 0. The first-order chi connectivity index (χ1) is 7.60. The molecule has 0 saturated carbocycles. The van der Waals surface area contributed by atoms with Crippen LogP contribution in [-0.2, 0) is 0 Å². The van der Waals surface area contributed by atoms with Gasteiger partial charge in [0.05, 0.1) is 0 Å². The monoisotopic (exact) mass is 226 g/mol. The van der Waals surface area contributed by atoms with E-state index in [4.69, 9.17) is 0 Å². The molecule has 3 atom stereocenters. The molecule has 0 aromatic rings. The third kappa shape index (κ3) is 9.24. The van der Waals surface area contributed by atoms with Gasteiger partial charge in [0.1, 0.15) is 0 Å². The first-order valence-corrected chi connectivity index (χ1v) is 7.60. The van der Waals surface area contributed by atoms with Gasteiger partial charge in [0, 0.05) is 0 Å². The zero-order valence-corrected chi connectivity index (χ0v) is 12.4. The Labute approximate surface area is 104 Å². The van der Waals surface area contributed by atoms with E-state index in [9.17, 15) is 0 Å². The molecule has 0 saturated heterocycles. The van der Waals surface area contributed by atoms with Crippen molar-refractivity contribution in [3.63, 3.8) is 0 Å². The van der Waals surface area contributed by atoms with Crippen LogP contribution < -0.4 is 0 Å². The molecule has 0 amide bonds. The maximum Gasteiger partial charge on any atom is -0.0438 e. The van der Waals surface area contributed by atoms with Crippen molar-refractivity contribution in [1.82, 2.24) is 0 Å². The first kappa shape index (κ1) is 16.0. The van der Waals surface area contributed by atoms with Gasteiger partial charge in [-0.3, -0.25) is 0 Å². The minimum absolute atomic E-state index is 0.929. The van der Waals surface area contributed by atoms with Gasteiger partial charge in [0.2, 0.25) is 0 Å². The van der Waals surface area contributed by atoms with E-state index in [1.54, 1.807) is 0 Å². The van der Waals surface area contributed by atoms with E-state index in [1.165, 1.54) is 51.4 Å². The molecule has 0 N–H and O–H groups in total. The zero-order valence-electron chi connectivity index (χ0n) is 12.4. The Morgan fingerprint density at radius 1 is 0.625 bits per heavy atom. The van der Waals surface area contributed by atoms with Gasteiger partial charge in [-0.05, 0) is 30.6 Å². The van der Waals surface area contributed by atoms with Crippen LogP contribution in [0.1, 0.15) is 86.0 Å². The molecular formula is C16H34. The van der Waals surface area contributed by atoms with E-state index in [-0.39, 0.29) is 0 Å². The largest absolute Gasteiger partial charge is 0.0654 e. The van der Waals surface area contributed by atoms with Crippen LogP contribution in [-0.4, -0.2) is 0 Å². The lowest BCUT2D eigenvalue weighted by molar-refractivity contribution is 0.319. The molecule has 0 rings (SSSR count). The zero-order chi connectivity index (χ0) is 12.4. The van der Waals surface area contributed by atoms with E-state index < -0.39 is 0 Å². The number of rotatable bonds is 10. The number of unbranched alkanes of at least 4 members (excludes halogenated alkanes) is 2. The minimum atomic E-state index is 0.929. The predicted octanol–water partition coefficient (Wildman–Crippen LogP) is 6.06. The fourth-order valence-corrected chi connectivity index (χ4v) is 2.94. The van der Waals surface area contributed by atoms with Crippen molar-refractivity contribution in [3.8, 4) is 0 Å². The lowest BCUT2D eigenvalue weighted by atomic mass is 9.86. The molecule has 0 aliphatic carbocycles. The van der Waals surface area contributed by atoms with Crippen LogP contribution in [0.25, 0.3) is 0 Å². The van der Waals surface area contributed by atoms with Gasteiger partial charge >= 0.3 is 0 Å². The van der Waals surface area contributed by atoms with Crippen LogP contribution in [0, 0.1) is 17.8 Å². The standard InChI is InChI=1S/C16H34/c1-6-8-9-11-15(4)13-16(5)12-14(3)10-7-2/h14-16H,6-13H2,1-5H3. The quantitative estimate of drug-likeness (QED) is 0.397. The van der Waals surface area contributed by atoms with Crippen molar-refractivity contribution >= 4 is 0 Å². The molecule has 0 spiro atoms. The van der Waals surface area contributed by atoms with Crippen molar-refractivity contribution in [1.29, 1.82) is 0 Å². The molecule has 0 heterocycles. The second-order valence-corrected chi connectivity index (χ2v) is 6.07. The molecule has 0 aliphatic rings. The molecule has 0 aliphatic heterocycles. The van der Waals surface area contributed by atoms with Crippen molar-refractivity contribution < 1.29 is 0 Å². The molecule has 0 aromatic carbocycles. The van der Waals surface area contributed by atoms with E-state index in [2.05, 4.69) is 34.6 Å². The molecule has 0 heteroatoms. The molecule has 0 radical (unpaired) electrons. The summed E-state index contributed by atoms with van der Waals surface area (Å²) >= 11 is 0. The fraction of sp³-hybridized carbons (Fsp3) is 1.00. The predicted molar refractivity (Wildman–Crippen MR) is 75.8 cm³/mol. The summed E-state index contributed by atoms with van der Waals surface area (Å²) in [6.07, 6.45) is 11.3. The Hall–Kier alpha value is 0. The summed E-state index contributed by atoms with van der Waals surface area (Å²) in [6.45, 7) is 11.9. The van der Waals surface area contributed by atoms with Gasteiger partial charge in [-0.25, -0.2) is 0 Å².